The summed E-state index contributed by atoms with van der Waals surface area (Å²) in [6, 6.07) is 9.88. The van der Waals surface area contributed by atoms with E-state index in [4.69, 9.17) is 0 Å². The Morgan fingerprint density at radius 1 is 1.19 bits per heavy atom. The Kier molecular flexibility index (Phi) is 4.89. The van der Waals surface area contributed by atoms with Gasteiger partial charge in [-0.25, -0.2) is 0 Å². The lowest BCUT2D eigenvalue weighted by Crippen LogP contribution is -2.28. The van der Waals surface area contributed by atoms with E-state index in [-0.39, 0.29) is 11.6 Å². The molecule has 0 atom stereocenters. The number of hydrogen-bond donors (Lipinski definition) is 2. The molecular weight excluding hydrogens is 290 g/mol. The molecule has 0 fully saturated rings. The van der Waals surface area contributed by atoms with Crippen molar-refractivity contribution in [3.63, 3.8) is 0 Å². The van der Waals surface area contributed by atoms with Crippen LogP contribution in [0.25, 0.3) is 0 Å². The second-order valence-corrected chi connectivity index (χ2v) is 5.68. The van der Waals surface area contributed by atoms with Crippen LogP contribution in [0.3, 0.4) is 0 Å². The van der Waals surface area contributed by atoms with E-state index in [1.54, 1.807) is 18.2 Å². The molecule has 2 aromatic rings. The second-order valence-electron chi connectivity index (χ2n) is 4.40. The molecule has 0 bridgehead atoms. The summed E-state index contributed by atoms with van der Waals surface area (Å²) in [5.74, 6) is -0.0846. The molecule has 2 N–H and O–H groups in total. The van der Waals surface area contributed by atoms with Crippen LogP contribution in [0.1, 0.15) is 14.5 Å². The summed E-state index contributed by atoms with van der Waals surface area (Å²) in [5.41, 5.74) is 0.837. The number of thiophene rings is 1. The summed E-state index contributed by atoms with van der Waals surface area (Å²) < 4.78 is 0. The minimum Gasteiger partial charge on any atom is -0.383 e. The van der Waals surface area contributed by atoms with Crippen molar-refractivity contribution < 1.29 is 9.72 Å². The molecule has 1 heterocycles. The zero-order valence-corrected chi connectivity index (χ0v) is 12.3. The van der Waals surface area contributed by atoms with Gasteiger partial charge < -0.3 is 10.6 Å². The molecule has 7 heteroatoms. The highest BCUT2D eigenvalue weighted by molar-refractivity contribution is 7.13. The molecule has 1 amide bonds. The van der Waals surface area contributed by atoms with Gasteiger partial charge in [-0.3, -0.25) is 14.9 Å². The molecule has 0 aliphatic heterocycles. The monoisotopic (exact) mass is 305 g/mol. The van der Waals surface area contributed by atoms with Crippen LogP contribution in [0.5, 0.6) is 0 Å². The van der Waals surface area contributed by atoms with E-state index >= 15 is 0 Å². The van der Waals surface area contributed by atoms with Crippen LogP contribution in [0.2, 0.25) is 0 Å². The average molecular weight is 305 g/mol. The molecule has 21 heavy (non-hydrogen) atoms. The predicted octanol–water partition coefficient (Wildman–Crippen LogP) is 2.81. The zero-order chi connectivity index (χ0) is 15.2. The highest BCUT2D eigenvalue weighted by atomic mass is 32.1. The molecule has 0 saturated heterocycles. The van der Waals surface area contributed by atoms with Crippen LogP contribution in [-0.4, -0.2) is 23.9 Å². The van der Waals surface area contributed by atoms with Crippen molar-refractivity contribution in [2.45, 2.75) is 6.92 Å². The largest absolute Gasteiger partial charge is 0.383 e. The smallest absolute Gasteiger partial charge is 0.269 e. The number of amides is 1. The SMILES string of the molecule is Cc1ccc(C(=O)NCCNc2ccc([N+](=O)[O-])cc2)s1. The molecule has 1 aromatic carbocycles. The molecule has 1 aromatic heterocycles. The fourth-order valence-electron chi connectivity index (χ4n) is 1.73. The Hall–Kier alpha value is -2.41. The van der Waals surface area contributed by atoms with Gasteiger partial charge in [0.1, 0.15) is 0 Å². The first-order valence-corrected chi connectivity index (χ1v) is 7.21. The predicted molar refractivity (Wildman–Crippen MR) is 83.0 cm³/mol. The molecule has 0 aliphatic rings. The molecule has 6 nitrogen and oxygen atoms in total. The van der Waals surface area contributed by atoms with Crippen LogP contribution in [-0.2, 0) is 0 Å². The van der Waals surface area contributed by atoms with Gasteiger partial charge in [0.2, 0.25) is 0 Å². The maximum atomic E-state index is 11.8. The highest BCUT2D eigenvalue weighted by Crippen LogP contribution is 2.15. The number of nitrogens with zero attached hydrogens (tertiary/aromatic N) is 1. The number of non-ortho nitro benzene ring substituents is 1. The van der Waals surface area contributed by atoms with Crippen molar-refractivity contribution in [3.05, 3.63) is 56.3 Å². The number of carbonyl (C=O) groups excluding carboxylic acids is 1. The van der Waals surface area contributed by atoms with Gasteiger partial charge in [-0.2, -0.15) is 0 Å². The van der Waals surface area contributed by atoms with Gasteiger partial charge in [-0.1, -0.05) is 0 Å². The number of benzene rings is 1. The van der Waals surface area contributed by atoms with Crippen LogP contribution < -0.4 is 10.6 Å². The fraction of sp³-hybridized carbons (Fsp3) is 0.214. The van der Waals surface area contributed by atoms with E-state index in [0.717, 1.165) is 10.6 Å². The number of nitrogens with one attached hydrogen (secondary N) is 2. The van der Waals surface area contributed by atoms with Gasteiger partial charge >= 0.3 is 0 Å². The molecule has 110 valence electrons. The number of aryl methyl sites for hydroxylation is 1. The number of nitro groups is 1. The van der Waals surface area contributed by atoms with Crippen LogP contribution >= 0.6 is 11.3 Å². The van der Waals surface area contributed by atoms with Crippen molar-refractivity contribution in [1.82, 2.24) is 5.32 Å². The lowest BCUT2D eigenvalue weighted by molar-refractivity contribution is -0.384. The second kappa shape index (κ2) is 6.85. The quantitative estimate of drug-likeness (QED) is 0.488. The number of rotatable bonds is 6. The average Bonchev–Trinajstić information content (AvgIpc) is 2.90. The van der Waals surface area contributed by atoms with Crippen LogP contribution in [0, 0.1) is 17.0 Å². The molecule has 0 radical (unpaired) electrons. The van der Waals surface area contributed by atoms with Crippen molar-refractivity contribution in [2.75, 3.05) is 18.4 Å². The number of nitro benzene ring substituents is 1. The minimum absolute atomic E-state index is 0.0573. The van der Waals surface area contributed by atoms with Crippen molar-refractivity contribution in [3.8, 4) is 0 Å². The summed E-state index contributed by atoms with van der Waals surface area (Å²) in [7, 11) is 0. The van der Waals surface area contributed by atoms with Crippen molar-refractivity contribution in [2.24, 2.45) is 0 Å². The lowest BCUT2D eigenvalue weighted by atomic mass is 10.3. The summed E-state index contributed by atoms with van der Waals surface area (Å²) in [6.07, 6.45) is 0. The topological polar surface area (TPSA) is 84.3 Å². The van der Waals surface area contributed by atoms with E-state index in [1.807, 2.05) is 13.0 Å². The number of hydrogen-bond acceptors (Lipinski definition) is 5. The Labute approximate surface area is 126 Å². The molecule has 0 saturated carbocycles. The standard InChI is InChI=1S/C14H15N3O3S/c1-10-2-7-13(21-10)14(18)16-9-8-15-11-3-5-12(6-4-11)17(19)20/h2-7,15H,8-9H2,1H3,(H,16,18). The molecular formula is C14H15N3O3S. The van der Waals surface area contributed by atoms with Crippen LogP contribution in [0.4, 0.5) is 11.4 Å². The summed E-state index contributed by atoms with van der Waals surface area (Å²) in [5, 5.41) is 16.4. The third kappa shape index (κ3) is 4.28. The molecule has 0 unspecified atom stereocenters. The summed E-state index contributed by atoms with van der Waals surface area (Å²) >= 11 is 1.46. The number of anilines is 1. The first-order chi connectivity index (χ1) is 10.1. The van der Waals surface area contributed by atoms with Gasteiger partial charge in [0.05, 0.1) is 9.80 Å². The van der Waals surface area contributed by atoms with Gasteiger partial charge in [0, 0.05) is 35.8 Å². The Morgan fingerprint density at radius 2 is 1.90 bits per heavy atom. The Bertz CT molecular complexity index is 637. The molecule has 2 rings (SSSR count). The van der Waals surface area contributed by atoms with E-state index < -0.39 is 4.92 Å². The fourth-order valence-corrected chi connectivity index (χ4v) is 2.51. The van der Waals surface area contributed by atoms with Gasteiger partial charge in [-0.05, 0) is 31.2 Å². The zero-order valence-electron chi connectivity index (χ0n) is 11.5. The van der Waals surface area contributed by atoms with Crippen molar-refractivity contribution >= 4 is 28.6 Å². The van der Waals surface area contributed by atoms with Gasteiger partial charge in [0.15, 0.2) is 0 Å². The van der Waals surface area contributed by atoms with Gasteiger partial charge in [0.25, 0.3) is 11.6 Å². The van der Waals surface area contributed by atoms with E-state index in [0.29, 0.717) is 18.0 Å². The van der Waals surface area contributed by atoms with E-state index in [1.165, 1.54) is 23.5 Å². The lowest BCUT2D eigenvalue weighted by Gasteiger charge is -2.07. The Balaban J connectivity index is 1.74. The summed E-state index contributed by atoms with van der Waals surface area (Å²) in [4.78, 5) is 23.7. The number of carbonyl (C=O) groups is 1. The van der Waals surface area contributed by atoms with Crippen LogP contribution in [0.15, 0.2) is 36.4 Å². The van der Waals surface area contributed by atoms with Gasteiger partial charge in [-0.15, -0.1) is 11.3 Å². The van der Waals surface area contributed by atoms with Crippen molar-refractivity contribution in [1.29, 1.82) is 0 Å². The first kappa shape index (κ1) is 15.0. The normalized spacial score (nSPS) is 10.1. The van der Waals surface area contributed by atoms with E-state index in [2.05, 4.69) is 10.6 Å². The molecule has 0 aliphatic carbocycles. The maximum Gasteiger partial charge on any atom is 0.269 e. The maximum absolute atomic E-state index is 11.8. The van der Waals surface area contributed by atoms with E-state index in [9.17, 15) is 14.9 Å². The highest BCUT2D eigenvalue weighted by Gasteiger charge is 2.07. The minimum atomic E-state index is -0.437. The Morgan fingerprint density at radius 3 is 2.48 bits per heavy atom. The third-order valence-corrected chi connectivity index (χ3v) is 3.78. The molecule has 0 spiro atoms. The summed E-state index contributed by atoms with van der Waals surface area (Å²) in [6.45, 7) is 2.98. The first-order valence-electron chi connectivity index (χ1n) is 6.39. The third-order valence-electron chi connectivity index (χ3n) is 2.78.